The first-order valence-electron chi connectivity index (χ1n) is 9.70. The van der Waals surface area contributed by atoms with Crippen LogP contribution in [0.2, 0.25) is 5.02 Å². The molecular formula is C21H22ClF3N2O3S. The number of benzene rings is 2. The van der Waals surface area contributed by atoms with E-state index in [1.807, 2.05) is 37.3 Å². The fourth-order valence-electron chi connectivity index (χ4n) is 3.50. The van der Waals surface area contributed by atoms with Gasteiger partial charge in [-0.2, -0.15) is 17.5 Å². The zero-order valence-electron chi connectivity index (χ0n) is 16.8. The fraction of sp³-hybridized carbons (Fsp3) is 0.381. The van der Waals surface area contributed by atoms with Gasteiger partial charge in [-0.1, -0.05) is 48.9 Å². The van der Waals surface area contributed by atoms with E-state index in [-0.39, 0.29) is 38.0 Å². The summed E-state index contributed by atoms with van der Waals surface area (Å²) < 4.78 is 66.0. The summed E-state index contributed by atoms with van der Waals surface area (Å²) in [5.41, 5.74) is -0.153. The molecule has 31 heavy (non-hydrogen) atoms. The minimum absolute atomic E-state index is 0.0117. The third kappa shape index (κ3) is 5.39. The molecule has 1 unspecified atom stereocenters. The number of carbonyl (C=O) groups excluding carboxylic acids is 1. The van der Waals surface area contributed by atoms with Crippen molar-refractivity contribution in [1.82, 2.24) is 9.21 Å². The summed E-state index contributed by atoms with van der Waals surface area (Å²) in [4.78, 5) is 13.7. The van der Waals surface area contributed by atoms with Crippen LogP contribution in [-0.2, 0) is 21.0 Å². The highest BCUT2D eigenvalue weighted by atomic mass is 35.5. The predicted octanol–water partition coefficient (Wildman–Crippen LogP) is 4.39. The summed E-state index contributed by atoms with van der Waals surface area (Å²) >= 11 is 5.58. The van der Waals surface area contributed by atoms with E-state index in [1.165, 1.54) is 0 Å². The van der Waals surface area contributed by atoms with Gasteiger partial charge in [0.15, 0.2) is 0 Å². The summed E-state index contributed by atoms with van der Waals surface area (Å²) in [5, 5.41) is -0.561. The molecule has 0 spiro atoms. The molecule has 0 saturated carbocycles. The molecule has 0 radical (unpaired) electrons. The van der Waals surface area contributed by atoms with Crippen molar-refractivity contribution in [2.45, 2.75) is 30.3 Å². The lowest BCUT2D eigenvalue weighted by Crippen LogP contribution is -2.50. The van der Waals surface area contributed by atoms with E-state index in [2.05, 4.69) is 0 Å². The number of halogens is 4. The second-order valence-electron chi connectivity index (χ2n) is 7.44. The fourth-order valence-corrected chi connectivity index (χ4v) is 5.17. The topological polar surface area (TPSA) is 57.7 Å². The van der Waals surface area contributed by atoms with Crippen molar-refractivity contribution < 1.29 is 26.4 Å². The van der Waals surface area contributed by atoms with Crippen molar-refractivity contribution in [3.63, 3.8) is 0 Å². The minimum Gasteiger partial charge on any atom is -0.340 e. The zero-order valence-corrected chi connectivity index (χ0v) is 18.3. The van der Waals surface area contributed by atoms with E-state index in [4.69, 9.17) is 11.6 Å². The summed E-state index contributed by atoms with van der Waals surface area (Å²) in [6, 6.07) is 12.1. The first-order chi connectivity index (χ1) is 14.5. The second-order valence-corrected chi connectivity index (χ2v) is 9.79. The van der Waals surface area contributed by atoms with Gasteiger partial charge < -0.3 is 4.90 Å². The van der Waals surface area contributed by atoms with Crippen LogP contribution in [0.25, 0.3) is 0 Å². The third-order valence-corrected chi connectivity index (χ3v) is 7.55. The Morgan fingerprint density at radius 3 is 2.26 bits per heavy atom. The Morgan fingerprint density at radius 2 is 1.68 bits per heavy atom. The molecule has 1 heterocycles. The number of sulfonamides is 1. The van der Waals surface area contributed by atoms with Crippen LogP contribution in [0.15, 0.2) is 53.4 Å². The zero-order chi connectivity index (χ0) is 22.8. The molecule has 1 aliphatic heterocycles. The van der Waals surface area contributed by atoms with Gasteiger partial charge in [-0.05, 0) is 29.7 Å². The largest absolute Gasteiger partial charge is 0.417 e. The molecule has 2 aromatic rings. The standard InChI is InChI=1S/C21H22ClF3N2O3S/c1-15(16-5-3-2-4-6-16)13-20(28)26-9-11-27(12-10-26)31(29,30)17-7-8-19(22)18(14-17)21(23,24)25/h2-8,14-15H,9-13H2,1H3. The maximum absolute atomic E-state index is 13.1. The van der Waals surface area contributed by atoms with Gasteiger partial charge in [0.2, 0.25) is 15.9 Å². The van der Waals surface area contributed by atoms with Gasteiger partial charge >= 0.3 is 6.18 Å². The van der Waals surface area contributed by atoms with Crippen LogP contribution in [-0.4, -0.2) is 49.7 Å². The Kier molecular flexibility index (Phi) is 6.98. The maximum Gasteiger partial charge on any atom is 0.417 e. The molecule has 5 nitrogen and oxygen atoms in total. The molecule has 0 bridgehead atoms. The van der Waals surface area contributed by atoms with E-state index in [0.29, 0.717) is 12.5 Å². The van der Waals surface area contributed by atoms with Crippen molar-refractivity contribution in [3.8, 4) is 0 Å². The molecule has 0 aliphatic carbocycles. The quantitative estimate of drug-likeness (QED) is 0.646. The number of carbonyl (C=O) groups is 1. The molecule has 1 fully saturated rings. The van der Waals surface area contributed by atoms with Crippen LogP contribution >= 0.6 is 11.6 Å². The van der Waals surface area contributed by atoms with Crippen LogP contribution in [0.3, 0.4) is 0 Å². The Balaban J connectivity index is 1.65. The van der Waals surface area contributed by atoms with Gasteiger partial charge in [-0.3, -0.25) is 4.79 Å². The molecule has 168 valence electrons. The summed E-state index contributed by atoms with van der Waals surface area (Å²) in [5.74, 6) is -0.0652. The lowest BCUT2D eigenvalue weighted by atomic mass is 9.97. The molecule has 2 aromatic carbocycles. The Labute approximate surface area is 184 Å². The van der Waals surface area contributed by atoms with Crippen LogP contribution in [0.1, 0.15) is 30.4 Å². The van der Waals surface area contributed by atoms with Gasteiger partial charge in [0.1, 0.15) is 0 Å². The molecule has 1 aliphatic rings. The van der Waals surface area contributed by atoms with E-state index < -0.39 is 31.7 Å². The van der Waals surface area contributed by atoms with Gasteiger partial charge in [0.25, 0.3) is 0 Å². The van der Waals surface area contributed by atoms with Crippen LogP contribution < -0.4 is 0 Å². The summed E-state index contributed by atoms with van der Waals surface area (Å²) in [6.45, 7) is 2.33. The Hall–Kier alpha value is -2.10. The van der Waals surface area contributed by atoms with Crippen molar-refractivity contribution in [2.24, 2.45) is 0 Å². The van der Waals surface area contributed by atoms with Crippen LogP contribution in [0.4, 0.5) is 13.2 Å². The number of alkyl halides is 3. The molecule has 10 heteroatoms. The first kappa shape index (κ1) is 23.6. The molecule has 0 aromatic heterocycles. The smallest absolute Gasteiger partial charge is 0.340 e. The molecule has 0 N–H and O–H groups in total. The lowest BCUT2D eigenvalue weighted by molar-refractivity contribution is -0.137. The number of rotatable bonds is 5. The minimum atomic E-state index is -4.76. The van der Waals surface area contributed by atoms with Gasteiger partial charge in [-0.15, -0.1) is 0 Å². The van der Waals surface area contributed by atoms with E-state index in [1.54, 1.807) is 4.90 Å². The van der Waals surface area contributed by atoms with E-state index >= 15 is 0 Å². The molecule has 1 atom stereocenters. The third-order valence-electron chi connectivity index (χ3n) is 5.32. The number of piperazine rings is 1. The van der Waals surface area contributed by atoms with Gasteiger partial charge in [0.05, 0.1) is 15.5 Å². The van der Waals surface area contributed by atoms with Gasteiger partial charge in [-0.25, -0.2) is 8.42 Å². The molecule has 3 rings (SSSR count). The summed E-state index contributed by atoms with van der Waals surface area (Å²) in [6.07, 6.45) is -4.47. The summed E-state index contributed by atoms with van der Waals surface area (Å²) in [7, 11) is -4.14. The van der Waals surface area contributed by atoms with Crippen molar-refractivity contribution >= 4 is 27.5 Å². The number of hydrogen-bond donors (Lipinski definition) is 0. The monoisotopic (exact) mass is 474 g/mol. The predicted molar refractivity (Wildman–Crippen MR) is 111 cm³/mol. The second kappa shape index (κ2) is 9.18. The highest BCUT2D eigenvalue weighted by Gasteiger charge is 2.36. The first-order valence-corrected chi connectivity index (χ1v) is 11.5. The van der Waals surface area contributed by atoms with E-state index in [9.17, 15) is 26.4 Å². The highest BCUT2D eigenvalue weighted by molar-refractivity contribution is 7.89. The molecule has 1 amide bonds. The number of nitrogens with zero attached hydrogens (tertiary/aromatic N) is 2. The van der Waals surface area contributed by atoms with Crippen LogP contribution in [0, 0.1) is 0 Å². The SMILES string of the molecule is CC(CC(=O)N1CCN(S(=O)(=O)c2ccc(Cl)c(C(F)(F)F)c2)CC1)c1ccccc1. The molecule has 1 saturated heterocycles. The van der Waals surface area contributed by atoms with Gasteiger partial charge in [0, 0.05) is 32.6 Å². The number of amides is 1. The average molecular weight is 475 g/mol. The number of hydrogen-bond acceptors (Lipinski definition) is 3. The van der Waals surface area contributed by atoms with Crippen molar-refractivity contribution in [2.75, 3.05) is 26.2 Å². The van der Waals surface area contributed by atoms with E-state index in [0.717, 1.165) is 22.0 Å². The Morgan fingerprint density at radius 1 is 1.06 bits per heavy atom. The maximum atomic E-state index is 13.1. The van der Waals surface area contributed by atoms with Crippen LogP contribution in [0.5, 0.6) is 0 Å². The average Bonchev–Trinajstić information content (AvgIpc) is 2.73. The van der Waals surface area contributed by atoms with Crippen molar-refractivity contribution in [3.05, 3.63) is 64.7 Å². The van der Waals surface area contributed by atoms with Crippen molar-refractivity contribution in [1.29, 1.82) is 0 Å². The Bertz CT molecular complexity index is 1040. The highest BCUT2D eigenvalue weighted by Crippen LogP contribution is 2.36. The normalized spacial score (nSPS) is 16.9. The molecular weight excluding hydrogens is 453 g/mol. The lowest BCUT2D eigenvalue weighted by Gasteiger charge is -2.34.